The number of hydrogen-bond donors (Lipinski definition) is 1. The molecule has 0 unspecified atom stereocenters. The smallest absolute Gasteiger partial charge is 0.244 e. The molecule has 6 nitrogen and oxygen atoms in total. The van der Waals surface area contributed by atoms with Crippen LogP contribution in [-0.2, 0) is 0 Å². The van der Waals surface area contributed by atoms with Gasteiger partial charge in [-0.1, -0.05) is 5.16 Å². The molecule has 20 heavy (non-hydrogen) atoms. The third-order valence-corrected chi connectivity index (χ3v) is 3.53. The highest BCUT2D eigenvalue weighted by atomic mass is 16.5. The van der Waals surface area contributed by atoms with Crippen LogP contribution in [0.1, 0.15) is 24.8 Å². The van der Waals surface area contributed by atoms with E-state index in [4.69, 9.17) is 4.52 Å². The second-order valence-corrected chi connectivity index (χ2v) is 4.86. The highest BCUT2D eigenvalue weighted by Crippen LogP contribution is 2.25. The Labute approximate surface area is 115 Å². The first-order chi connectivity index (χ1) is 9.90. The lowest BCUT2D eigenvalue weighted by molar-refractivity contribution is 0.345. The largest absolute Gasteiger partial charge is 0.337 e. The number of benzene rings is 1. The summed E-state index contributed by atoms with van der Waals surface area (Å²) in [6.07, 6.45) is 5.55. The Kier molecular flexibility index (Phi) is 2.67. The molecule has 0 radical (unpaired) electrons. The van der Waals surface area contributed by atoms with Gasteiger partial charge in [-0.05, 0) is 37.6 Å². The predicted octanol–water partition coefficient (Wildman–Crippen LogP) is 2.10. The van der Waals surface area contributed by atoms with Crippen molar-refractivity contribution in [3.05, 3.63) is 36.5 Å². The standard InChI is InChI=1S/C14H13N5O/c1-2-11(15-5-1)14-18-13(19-20-14)9-3-4-10-12(8-9)17-7-6-16-10/h3-4,6-8,11,15H,1-2,5H2/t11-/m0/s1. The molecular weight excluding hydrogens is 254 g/mol. The third-order valence-electron chi connectivity index (χ3n) is 3.53. The molecule has 100 valence electrons. The van der Waals surface area contributed by atoms with Crippen molar-refractivity contribution in [2.75, 3.05) is 6.54 Å². The Balaban J connectivity index is 1.71. The molecule has 1 aliphatic rings. The maximum Gasteiger partial charge on any atom is 0.244 e. The fraction of sp³-hybridized carbons (Fsp3) is 0.286. The summed E-state index contributed by atoms with van der Waals surface area (Å²) in [7, 11) is 0. The van der Waals surface area contributed by atoms with Gasteiger partial charge < -0.3 is 9.84 Å². The van der Waals surface area contributed by atoms with Crippen molar-refractivity contribution in [2.45, 2.75) is 18.9 Å². The zero-order valence-electron chi connectivity index (χ0n) is 10.8. The first kappa shape index (κ1) is 11.5. The van der Waals surface area contributed by atoms with Gasteiger partial charge in [0.15, 0.2) is 0 Å². The van der Waals surface area contributed by atoms with Crippen LogP contribution >= 0.6 is 0 Å². The van der Waals surface area contributed by atoms with Gasteiger partial charge in [-0.2, -0.15) is 4.98 Å². The Morgan fingerprint density at radius 1 is 1.15 bits per heavy atom. The van der Waals surface area contributed by atoms with E-state index < -0.39 is 0 Å². The van der Waals surface area contributed by atoms with Gasteiger partial charge in [0, 0.05) is 18.0 Å². The fourth-order valence-electron chi connectivity index (χ4n) is 2.49. The third kappa shape index (κ3) is 1.94. The van der Waals surface area contributed by atoms with Gasteiger partial charge in [-0.15, -0.1) is 0 Å². The van der Waals surface area contributed by atoms with Crippen LogP contribution in [0.4, 0.5) is 0 Å². The van der Waals surface area contributed by atoms with Crippen LogP contribution in [-0.4, -0.2) is 26.7 Å². The minimum absolute atomic E-state index is 0.191. The number of nitrogens with one attached hydrogen (secondary N) is 1. The predicted molar refractivity (Wildman–Crippen MR) is 72.8 cm³/mol. The highest BCUT2D eigenvalue weighted by molar-refractivity contribution is 5.79. The first-order valence-corrected chi connectivity index (χ1v) is 6.68. The van der Waals surface area contributed by atoms with Crippen molar-refractivity contribution in [3.8, 4) is 11.4 Å². The van der Waals surface area contributed by atoms with Crippen molar-refractivity contribution in [2.24, 2.45) is 0 Å². The number of nitrogens with zero attached hydrogens (tertiary/aromatic N) is 4. The molecule has 2 aromatic heterocycles. The van der Waals surface area contributed by atoms with Crippen molar-refractivity contribution in [1.29, 1.82) is 0 Å². The summed E-state index contributed by atoms with van der Waals surface area (Å²) in [4.78, 5) is 13.0. The Hall–Kier alpha value is -2.34. The molecule has 1 saturated heterocycles. The maximum absolute atomic E-state index is 5.36. The molecule has 0 saturated carbocycles. The van der Waals surface area contributed by atoms with E-state index in [1.807, 2.05) is 18.2 Å². The molecule has 1 fully saturated rings. The van der Waals surface area contributed by atoms with Crippen molar-refractivity contribution in [1.82, 2.24) is 25.4 Å². The van der Waals surface area contributed by atoms with E-state index in [1.54, 1.807) is 12.4 Å². The monoisotopic (exact) mass is 267 g/mol. The lowest BCUT2D eigenvalue weighted by atomic mass is 10.2. The van der Waals surface area contributed by atoms with Crippen LogP contribution in [0.15, 0.2) is 35.1 Å². The SMILES string of the molecule is c1cnc2cc(-c3noc([C@@H]4CCCN4)n3)ccc2n1. The van der Waals surface area contributed by atoms with Crippen LogP contribution in [0.5, 0.6) is 0 Å². The van der Waals surface area contributed by atoms with Crippen molar-refractivity contribution in [3.63, 3.8) is 0 Å². The summed E-state index contributed by atoms with van der Waals surface area (Å²) >= 11 is 0. The minimum Gasteiger partial charge on any atom is -0.337 e. The summed E-state index contributed by atoms with van der Waals surface area (Å²) in [5.74, 6) is 1.26. The molecule has 6 heteroatoms. The van der Waals surface area contributed by atoms with E-state index in [0.717, 1.165) is 36.0 Å². The lowest BCUT2D eigenvalue weighted by Gasteiger charge is -2.01. The second kappa shape index (κ2) is 4.64. The number of aromatic nitrogens is 4. The van der Waals surface area contributed by atoms with E-state index >= 15 is 0 Å². The molecular formula is C14H13N5O. The summed E-state index contributed by atoms with van der Waals surface area (Å²) in [5, 5.41) is 7.41. The van der Waals surface area contributed by atoms with Gasteiger partial charge >= 0.3 is 0 Å². The average molecular weight is 267 g/mol. The van der Waals surface area contributed by atoms with Crippen LogP contribution < -0.4 is 5.32 Å². The van der Waals surface area contributed by atoms with Gasteiger partial charge in [-0.3, -0.25) is 9.97 Å². The van der Waals surface area contributed by atoms with Gasteiger partial charge in [0.05, 0.1) is 17.1 Å². The van der Waals surface area contributed by atoms with E-state index in [-0.39, 0.29) is 6.04 Å². The summed E-state index contributed by atoms with van der Waals surface area (Å²) in [5.41, 5.74) is 2.58. The van der Waals surface area contributed by atoms with Crippen LogP contribution in [0.3, 0.4) is 0 Å². The fourth-order valence-corrected chi connectivity index (χ4v) is 2.49. The molecule has 0 spiro atoms. The van der Waals surface area contributed by atoms with Crippen molar-refractivity contribution >= 4 is 11.0 Å². The van der Waals surface area contributed by atoms with Crippen molar-refractivity contribution < 1.29 is 4.52 Å². The zero-order valence-corrected chi connectivity index (χ0v) is 10.8. The molecule has 1 N–H and O–H groups in total. The van der Waals surface area contributed by atoms with Gasteiger partial charge in [0.1, 0.15) is 0 Å². The van der Waals surface area contributed by atoms with Crippen LogP contribution in [0, 0.1) is 0 Å². The Morgan fingerprint density at radius 3 is 2.90 bits per heavy atom. The molecule has 1 atom stereocenters. The maximum atomic E-state index is 5.36. The molecule has 0 bridgehead atoms. The Bertz CT molecular complexity index is 748. The molecule has 1 aliphatic heterocycles. The van der Waals surface area contributed by atoms with Crippen LogP contribution in [0.2, 0.25) is 0 Å². The number of fused-ring (bicyclic) bond motifs is 1. The first-order valence-electron chi connectivity index (χ1n) is 6.68. The van der Waals surface area contributed by atoms with E-state index in [1.165, 1.54) is 0 Å². The second-order valence-electron chi connectivity index (χ2n) is 4.86. The van der Waals surface area contributed by atoms with Crippen LogP contribution in [0.25, 0.3) is 22.4 Å². The minimum atomic E-state index is 0.191. The average Bonchev–Trinajstić information content (AvgIpc) is 3.17. The highest BCUT2D eigenvalue weighted by Gasteiger charge is 2.22. The normalized spacial score (nSPS) is 18.7. The summed E-state index contributed by atoms with van der Waals surface area (Å²) < 4.78 is 5.36. The molecule has 0 aliphatic carbocycles. The van der Waals surface area contributed by atoms with Gasteiger partial charge in [0.2, 0.25) is 11.7 Å². The quantitative estimate of drug-likeness (QED) is 0.766. The molecule has 0 amide bonds. The molecule has 1 aromatic carbocycles. The van der Waals surface area contributed by atoms with E-state index in [9.17, 15) is 0 Å². The van der Waals surface area contributed by atoms with E-state index in [0.29, 0.717) is 11.7 Å². The molecule has 3 heterocycles. The van der Waals surface area contributed by atoms with E-state index in [2.05, 4.69) is 25.4 Å². The van der Waals surface area contributed by atoms with Gasteiger partial charge in [-0.25, -0.2) is 0 Å². The lowest BCUT2D eigenvalue weighted by Crippen LogP contribution is -2.12. The molecule has 3 aromatic rings. The summed E-state index contributed by atoms with van der Waals surface area (Å²) in [6, 6.07) is 5.98. The number of hydrogen-bond acceptors (Lipinski definition) is 6. The summed E-state index contributed by atoms with van der Waals surface area (Å²) in [6.45, 7) is 1.01. The Morgan fingerprint density at radius 2 is 2.05 bits per heavy atom. The number of rotatable bonds is 2. The topological polar surface area (TPSA) is 76.7 Å². The zero-order chi connectivity index (χ0) is 13.4. The van der Waals surface area contributed by atoms with Gasteiger partial charge in [0.25, 0.3) is 0 Å². The molecule has 4 rings (SSSR count).